The molecule has 1 rings (SSSR count). The minimum atomic E-state index is -1.59. The molecule has 0 unspecified atom stereocenters. The Morgan fingerprint density at radius 2 is 2.12 bits per heavy atom. The van der Waals surface area contributed by atoms with Crippen molar-refractivity contribution in [2.45, 2.75) is 26.6 Å². The summed E-state index contributed by atoms with van der Waals surface area (Å²) in [5.74, 6) is 0.488. The summed E-state index contributed by atoms with van der Waals surface area (Å²) in [5, 5.41) is 0. The average Bonchev–Trinajstić information content (AvgIpc) is 2.14. The normalized spacial score (nSPS) is 11.1. The van der Waals surface area contributed by atoms with Crippen molar-refractivity contribution in [3.05, 3.63) is 47.9 Å². The number of benzene rings is 1. The van der Waals surface area contributed by atoms with Crippen molar-refractivity contribution in [1.82, 2.24) is 0 Å². The molecule has 0 fully saturated rings. The van der Waals surface area contributed by atoms with Gasteiger partial charge in [-0.1, -0.05) is 6.92 Å². The van der Waals surface area contributed by atoms with Crippen LogP contribution in [0, 0.1) is 13.0 Å². The van der Waals surface area contributed by atoms with Crippen molar-refractivity contribution in [2.24, 2.45) is 4.99 Å². The molecule has 0 N–H and O–H groups in total. The van der Waals surface area contributed by atoms with Gasteiger partial charge in [0.15, 0.2) is 5.88 Å². The van der Waals surface area contributed by atoms with Gasteiger partial charge in [-0.15, -0.1) is 5.56 Å². The van der Waals surface area contributed by atoms with Crippen molar-refractivity contribution in [2.75, 3.05) is 0 Å². The summed E-state index contributed by atoms with van der Waals surface area (Å²) in [6, 6.07) is 8.82. The van der Waals surface area contributed by atoms with Crippen molar-refractivity contribution < 1.29 is 23.0 Å². The first-order valence-corrected chi connectivity index (χ1v) is 8.68. The van der Waals surface area contributed by atoms with Crippen LogP contribution in [0.3, 0.4) is 0 Å². The maximum Gasteiger partial charge on any atom is 0.244 e. The molecule has 4 heteroatoms. The molecule has 1 aromatic carbocycles. The monoisotopic (exact) mass is 283 g/mol. The molecule has 0 aliphatic carbocycles. The maximum absolute atomic E-state index is 5.64. The minimum Gasteiger partial charge on any atom is -0.532 e. The van der Waals surface area contributed by atoms with E-state index < -0.39 is 8.32 Å². The third kappa shape index (κ3) is 6.51. The van der Waals surface area contributed by atoms with Crippen molar-refractivity contribution in [1.29, 1.82) is 0 Å². The van der Waals surface area contributed by atoms with Gasteiger partial charge in [-0.3, -0.25) is 0 Å². The van der Waals surface area contributed by atoms with Gasteiger partial charge in [-0.05, 0) is 32.4 Å². The fourth-order valence-electron chi connectivity index (χ4n) is 1.18. The molecular weight excluding hydrogens is 265 g/mol. The molecule has 91 valence electrons. The van der Waals surface area contributed by atoms with E-state index in [4.69, 9.17) is 4.43 Å². The first-order chi connectivity index (χ1) is 7.38. The van der Waals surface area contributed by atoms with Crippen molar-refractivity contribution >= 4 is 14.5 Å². The molecule has 0 spiro atoms. The maximum atomic E-state index is 5.64. The van der Waals surface area contributed by atoms with Crippen molar-refractivity contribution in [3.8, 4) is 0 Å². The van der Waals surface area contributed by atoms with Crippen molar-refractivity contribution in [3.63, 3.8) is 0 Å². The number of hydrogen-bond donors (Lipinski definition) is 0. The molecule has 0 bridgehead atoms. The molecule has 0 saturated heterocycles. The van der Waals surface area contributed by atoms with E-state index in [0.29, 0.717) is 5.88 Å². The van der Waals surface area contributed by atoms with Gasteiger partial charge >= 0.3 is 0 Å². The zero-order valence-corrected chi connectivity index (χ0v) is 13.2. The van der Waals surface area contributed by atoms with Crippen LogP contribution in [0.4, 0.5) is 0 Å². The number of rotatable bonds is 4. The Bertz CT molecular complexity index is 410. The van der Waals surface area contributed by atoms with E-state index in [1.54, 1.807) is 6.21 Å². The molecule has 0 heterocycles. The fraction of sp³-hybridized carbons (Fsp3) is 0.308. The van der Waals surface area contributed by atoms with Crippen LogP contribution in [-0.4, -0.2) is 14.5 Å². The summed E-state index contributed by atoms with van der Waals surface area (Å²) in [7, 11) is -1.59. The van der Waals surface area contributed by atoms with Gasteiger partial charge < -0.3 is 4.43 Å². The first-order valence-electron chi connectivity index (χ1n) is 5.27. The SMILES string of the molecule is C=C(/N=C/c1c[c-]ccc1C)O[Si](C)(C)C.[V]. The summed E-state index contributed by atoms with van der Waals surface area (Å²) in [6.45, 7) is 12.1. The number of aryl methyl sites for hydroxylation is 1. The zero-order chi connectivity index (χ0) is 12.2. The van der Waals surface area contributed by atoms with Crippen LogP contribution in [-0.2, 0) is 23.0 Å². The second-order valence-corrected chi connectivity index (χ2v) is 9.08. The molecule has 17 heavy (non-hydrogen) atoms. The molecule has 0 aromatic heterocycles. The third-order valence-corrected chi connectivity index (χ3v) is 2.74. The smallest absolute Gasteiger partial charge is 0.244 e. The standard InChI is InChI=1S/C13H18NOSi.V/c1-11-8-6-7-9-13(11)10-14-12(2)15-16(3,4)5;/h6,8-10H,2H2,1,3-5H3;/q-1;/b14-10+;. The van der Waals surface area contributed by atoms with Crippen LogP contribution in [0.15, 0.2) is 35.7 Å². The van der Waals surface area contributed by atoms with Crippen LogP contribution in [0.2, 0.25) is 19.6 Å². The van der Waals surface area contributed by atoms with E-state index in [1.807, 2.05) is 25.1 Å². The van der Waals surface area contributed by atoms with Crippen LogP contribution in [0.25, 0.3) is 0 Å². The Morgan fingerprint density at radius 3 is 2.65 bits per heavy atom. The van der Waals surface area contributed by atoms with E-state index >= 15 is 0 Å². The topological polar surface area (TPSA) is 21.6 Å². The van der Waals surface area contributed by atoms with E-state index in [0.717, 1.165) is 5.56 Å². The number of hydrogen-bond acceptors (Lipinski definition) is 2. The summed E-state index contributed by atoms with van der Waals surface area (Å²) in [6.07, 6.45) is 1.77. The molecule has 0 atom stereocenters. The molecule has 0 aliphatic rings. The van der Waals surface area contributed by atoms with Crippen LogP contribution in [0.5, 0.6) is 0 Å². The molecule has 0 amide bonds. The van der Waals surface area contributed by atoms with Gasteiger partial charge in [0.1, 0.15) is 0 Å². The molecule has 2 nitrogen and oxygen atoms in total. The quantitative estimate of drug-likeness (QED) is 0.358. The van der Waals surface area contributed by atoms with Gasteiger partial charge in [-0.2, -0.15) is 29.8 Å². The van der Waals surface area contributed by atoms with E-state index in [9.17, 15) is 0 Å². The summed E-state index contributed by atoms with van der Waals surface area (Å²) < 4.78 is 5.64. The second-order valence-electron chi connectivity index (χ2n) is 4.65. The molecular formula is C13H18NOSiV-. The average molecular weight is 283 g/mol. The third-order valence-electron chi connectivity index (χ3n) is 1.90. The Kier molecular flexibility index (Phi) is 6.53. The zero-order valence-electron chi connectivity index (χ0n) is 10.8. The van der Waals surface area contributed by atoms with Crippen LogP contribution < -0.4 is 0 Å². The van der Waals surface area contributed by atoms with Gasteiger partial charge in [0, 0.05) is 18.6 Å². The minimum absolute atomic E-state index is 0. The largest absolute Gasteiger partial charge is 0.532 e. The van der Waals surface area contributed by atoms with Crippen LogP contribution in [0.1, 0.15) is 11.1 Å². The summed E-state index contributed by atoms with van der Waals surface area (Å²) in [4.78, 5) is 4.21. The van der Waals surface area contributed by atoms with Crippen LogP contribution >= 0.6 is 0 Å². The van der Waals surface area contributed by atoms with Gasteiger partial charge in [-0.25, -0.2) is 4.99 Å². The summed E-state index contributed by atoms with van der Waals surface area (Å²) in [5.41, 5.74) is 2.21. The molecule has 1 radical (unpaired) electrons. The molecule has 1 aromatic rings. The molecule has 0 saturated carbocycles. The van der Waals surface area contributed by atoms with E-state index in [2.05, 4.69) is 37.3 Å². The van der Waals surface area contributed by atoms with Gasteiger partial charge in [0.2, 0.25) is 8.32 Å². The predicted molar refractivity (Wildman–Crippen MR) is 71.2 cm³/mol. The van der Waals surface area contributed by atoms with Gasteiger partial charge in [0.05, 0.1) is 0 Å². The first kappa shape index (κ1) is 16.2. The Balaban J connectivity index is 0.00000256. The van der Waals surface area contributed by atoms with Gasteiger partial charge in [0.25, 0.3) is 0 Å². The fourth-order valence-corrected chi connectivity index (χ4v) is 1.94. The van der Waals surface area contributed by atoms with E-state index in [-0.39, 0.29) is 18.6 Å². The Morgan fingerprint density at radius 1 is 1.47 bits per heavy atom. The predicted octanol–water partition coefficient (Wildman–Crippen LogP) is 3.53. The number of aliphatic imine (C=N–C) groups is 1. The Labute approximate surface area is 117 Å². The summed E-state index contributed by atoms with van der Waals surface area (Å²) >= 11 is 0. The molecule has 0 aliphatic heterocycles. The number of nitrogens with zero attached hydrogens (tertiary/aromatic N) is 1. The van der Waals surface area contributed by atoms with E-state index in [1.165, 1.54) is 5.56 Å². The second kappa shape index (κ2) is 6.84. The Hall–Kier alpha value is -0.769.